The summed E-state index contributed by atoms with van der Waals surface area (Å²) in [5.74, 6) is -0.00614. The number of carbonyl (C=O) groups excluding carboxylic acids is 2. The van der Waals surface area contributed by atoms with Crippen LogP contribution in [-0.4, -0.2) is 34.5 Å². The van der Waals surface area contributed by atoms with Crippen molar-refractivity contribution in [3.05, 3.63) is 53.2 Å². The largest absolute Gasteiger partial charge is 0.338 e. The third kappa shape index (κ3) is 3.90. The number of anilines is 1. The third-order valence-electron chi connectivity index (χ3n) is 4.49. The molecule has 0 spiro atoms. The number of amides is 2. The summed E-state index contributed by atoms with van der Waals surface area (Å²) in [6.45, 7) is 5.19. The van der Waals surface area contributed by atoms with Crippen molar-refractivity contribution in [3.8, 4) is 0 Å². The predicted octanol–water partition coefficient (Wildman–Crippen LogP) is 3.60. The van der Waals surface area contributed by atoms with E-state index < -0.39 is 0 Å². The molecule has 26 heavy (non-hydrogen) atoms. The second kappa shape index (κ2) is 7.91. The zero-order valence-corrected chi connectivity index (χ0v) is 16.1. The van der Waals surface area contributed by atoms with Gasteiger partial charge in [-0.1, -0.05) is 19.9 Å². The molecule has 3 rings (SSSR count). The summed E-state index contributed by atoms with van der Waals surface area (Å²) >= 11 is 1.45. The molecule has 136 valence electrons. The van der Waals surface area contributed by atoms with Crippen molar-refractivity contribution in [3.63, 3.8) is 0 Å². The van der Waals surface area contributed by atoms with Gasteiger partial charge in [0.05, 0.1) is 5.56 Å². The number of hydrogen-bond donors (Lipinski definition) is 1. The Balaban J connectivity index is 1.78. The van der Waals surface area contributed by atoms with Crippen LogP contribution < -0.4 is 5.32 Å². The fraction of sp³-hybridized carbons (Fsp3) is 0.350. The number of nitrogens with zero attached hydrogens (tertiary/aromatic N) is 2. The molecule has 0 saturated carbocycles. The minimum Gasteiger partial charge on any atom is -0.338 e. The summed E-state index contributed by atoms with van der Waals surface area (Å²) in [5.41, 5.74) is 3.64. The van der Waals surface area contributed by atoms with Crippen LogP contribution in [-0.2, 0) is 17.8 Å². The van der Waals surface area contributed by atoms with E-state index in [9.17, 15) is 9.59 Å². The summed E-state index contributed by atoms with van der Waals surface area (Å²) in [5, 5.41) is 3.66. The zero-order valence-electron chi connectivity index (χ0n) is 15.3. The molecule has 6 heteroatoms. The molecule has 0 radical (unpaired) electrons. The van der Waals surface area contributed by atoms with Gasteiger partial charge in [0, 0.05) is 30.9 Å². The van der Waals surface area contributed by atoms with E-state index in [0.29, 0.717) is 17.1 Å². The second-order valence-electron chi connectivity index (χ2n) is 6.66. The molecule has 1 N–H and O–H groups in total. The summed E-state index contributed by atoms with van der Waals surface area (Å²) < 4.78 is 0. The molecule has 2 heterocycles. The first-order valence-corrected chi connectivity index (χ1v) is 9.93. The number of carbonyl (C=O) groups is 2. The number of rotatable bonds is 4. The first-order chi connectivity index (χ1) is 12.5. The van der Waals surface area contributed by atoms with Crippen LogP contribution in [0.25, 0.3) is 0 Å². The molecule has 0 saturated heterocycles. The van der Waals surface area contributed by atoms with Crippen LogP contribution in [0.1, 0.15) is 35.3 Å². The maximum Gasteiger partial charge on any atom is 0.258 e. The van der Waals surface area contributed by atoms with Gasteiger partial charge in [-0.25, -0.2) is 4.98 Å². The van der Waals surface area contributed by atoms with Gasteiger partial charge in [0.25, 0.3) is 5.91 Å². The molecule has 1 aromatic heterocycles. The topological polar surface area (TPSA) is 62.3 Å². The standard InChI is InChI=1S/C20H23N3O2S/c1-13(2)20(25)23-10-8-14-6-7-16(11-15(14)12-23)22-18(24)17-5-4-9-21-19(17)26-3/h4-7,9,11,13H,8,10,12H2,1-3H3,(H,22,24). The van der Waals surface area contributed by atoms with Gasteiger partial charge in [-0.05, 0) is 48.1 Å². The van der Waals surface area contributed by atoms with E-state index in [0.717, 1.165) is 24.2 Å². The highest BCUT2D eigenvalue weighted by atomic mass is 32.2. The number of thioether (sulfide) groups is 1. The molecule has 5 nitrogen and oxygen atoms in total. The Kier molecular flexibility index (Phi) is 5.61. The molecule has 2 aromatic rings. The lowest BCUT2D eigenvalue weighted by atomic mass is 9.98. The molecule has 0 unspecified atom stereocenters. The number of aromatic nitrogens is 1. The molecule has 1 aromatic carbocycles. The first-order valence-electron chi connectivity index (χ1n) is 8.70. The minimum atomic E-state index is -0.173. The minimum absolute atomic E-state index is 0.00465. The van der Waals surface area contributed by atoms with E-state index >= 15 is 0 Å². The van der Waals surface area contributed by atoms with Gasteiger partial charge in [-0.3, -0.25) is 9.59 Å². The van der Waals surface area contributed by atoms with Gasteiger partial charge in [0.1, 0.15) is 5.03 Å². The molecule has 0 aliphatic carbocycles. The number of nitrogens with one attached hydrogen (secondary N) is 1. The van der Waals surface area contributed by atoms with E-state index in [2.05, 4.69) is 10.3 Å². The van der Waals surface area contributed by atoms with Gasteiger partial charge < -0.3 is 10.2 Å². The lowest BCUT2D eigenvalue weighted by molar-refractivity contribution is -0.135. The van der Waals surface area contributed by atoms with Crippen LogP contribution in [0.3, 0.4) is 0 Å². The van der Waals surface area contributed by atoms with Gasteiger partial charge >= 0.3 is 0 Å². The average Bonchev–Trinajstić information content (AvgIpc) is 2.66. The van der Waals surface area contributed by atoms with Gasteiger partial charge in [0.2, 0.25) is 5.91 Å². The Hall–Kier alpha value is -2.34. The Bertz CT molecular complexity index is 836. The van der Waals surface area contributed by atoms with E-state index in [-0.39, 0.29) is 17.7 Å². The van der Waals surface area contributed by atoms with Crippen LogP contribution in [0.4, 0.5) is 5.69 Å². The lowest BCUT2D eigenvalue weighted by Gasteiger charge is -2.30. The molecule has 0 atom stereocenters. The molecule has 2 amide bonds. The molecular formula is C20H23N3O2S. The Morgan fingerprint density at radius 2 is 2.04 bits per heavy atom. The van der Waals surface area contributed by atoms with Crippen molar-refractivity contribution < 1.29 is 9.59 Å². The number of fused-ring (bicyclic) bond motifs is 1. The third-order valence-corrected chi connectivity index (χ3v) is 5.20. The number of pyridine rings is 1. The smallest absolute Gasteiger partial charge is 0.258 e. The van der Waals surface area contributed by atoms with E-state index in [1.165, 1.54) is 17.3 Å². The summed E-state index contributed by atoms with van der Waals surface area (Å²) in [4.78, 5) is 31.0. The van der Waals surface area contributed by atoms with Crippen molar-refractivity contribution in [1.29, 1.82) is 0 Å². The van der Waals surface area contributed by atoms with E-state index in [1.54, 1.807) is 18.3 Å². The van der Waals surface area contributed by atoms with Crippen molar-refractivity contribution in [1.82, 2.24) is 9.88 Å². The summed E-state index contributed by atoms with van der Waals surface area (Å²) in [7, 11) is 0. The van der Waals surface area contributed by atoms with Crippen molar-refractivity contribution in [2.75, 3.05) is 18.1 Å². The quantitative estimate of drug-likeness (QED) is 0.837. The first kappa shape index (κ1) is 18.5. The summed E-state index contributed by atoms with van der Waals surface area (Å²) in [6.07, 6.45) is 4.43. The van der Waals surface area contributed by atoms with Crippen LogP contribution in [0.15, 0.2) is 41.6 Å². The molecule has 1 aliphatic heterocycles. The average molecular weight is 369 g/mol. The highest BCUT2D eigenvalue weighted by Gasteiger charge is 2.23. The van der Waals surface area contributed by atoms with Crippen molar-refractivity contribution in [2.24, 2.45) is 5.92 Å². The van der Waals surface area contributed by atoms with Gasteiger partial charge in [0.15, 0.2) is 0 Å². The Labute approximate surface area is 158 Å². The predicted molar refractivity (Wildman–Crippen MR) is 104 cm³/mol. The van der Waals surface area contributed by atoms with Gasteiger partial charge in [-0.2, -0.15) is 0 Å². The zero-order chi connectivity index (χ0) is 18.7. The fourth-order valence-corrected chi connectivity index (χ4v) is 3.66. The number of hydrogen-bond acceptors (Lipinski definition) is 4. The maximum absolute atomic E-state index is 12.6. The molecule has 0 bridgehead atoms. The SMILES string of the molecule is CSc1ncccc1C(=O)Nc1ccc2c(c1)CN(C(=O)C(C)C)CC2. The van der Waals surface area contributed by atoms with E-state index in [1.807, 2.05) is 43.2 Å². The Morgan fingerprint density at radius 3 is 2.77 bits per heavy atom. The summed E-state index contributed by atoms with van der Waals surface area (Å²) in [6, 6.07) is 9.47. The van der Waals surface area contributed by atoms with Crippen molar-refractivity contribution in [2.45, 2.75) is 31.8 Å². The van der Waals surface area contributed by atoms with Gasteiger partial charge in [-0.15, -0.1) is 11.8 Å². The number of benzene rings is 1. The van der Waals surface area contributed by atoms with Crippen LogP contribution >= 0.6 is 11.8 Å². The second-order valence-corrected chi connectivity index (χ2v) is 7.46. The van der Waals surface area contributed by atoms with Crippen molar-refractivity contribution >= 4 is 29.3 Å². The highest BCUT2D eigenvalue weighted by molar-refractivity contribution is 7.98. The molecular weight excluding hydrogens is 346 g/mol. The molecule has 0 fully saturated rings. The normalized spacial score (nSPS) is 13.5. The van der Waals surface area contributed by atoms with Crippen LogP contribution in [0.5, 0.6) is 0 Å². The fourth-order valence-electron chi connectivity index (χ4n) is 3.11. The van der Waals surface area contributed by atoms with E-state index in [4.69, 9.17) is 0 Å². The lowest BCUT2D eigenvalue weighted by Crippen LogP contribution is -2.38. The monoisotopic (exact) mass is 369 g/mol. The maximum atomic E-state index is 12.6. The van der Waals surface area contributed by atoms with Crippen LogP contribution in [0.2, 0.25) is 0 Å². The molecule has 1 aliphatic rings. The highest BCUT2D eigenvalue weighted by Crippen LogP contribution is 2.25. The Morgan fingerprint density at radius 1 is 1.23 bits per heavy atom. The van der Waals surface area contributed by atoms with Crippen LogP contribution in [0, 0.1) is 5.92 Å².